The van der Waals surface area contributed by atoms with Crippen LogP contribution in [0, 0.1) is 4.91 Å². The summed E-state index contributed by atoms with van der Waals surface area (Å²) in [5, 5.41) is 2.95. The van der Waals surface area contributed by atoms with Crippen LogP contribution in [-0.2, 0) is 23.7 Å². The van der Waals surface area contributed by atoms with Crippen molar-refractivity contribution in [2.45, 2.75) is 56.6 Å². The number of hydrogen-bond donors (Lipinski definition) is 2. The Morgan fingerprint density at radius 1 is 1.50 bits per heavy atom. The van der Waals surface area contributed by atoms with Gasteiger partial charge in [-0.3, -0.25) is 4.79 Å². The van der Waals surface area contributed by atoms with Crippen LogP contribution in [-0.4, -0.2) is 53.2 Å². The van der Waals surface area contributed by atoms with Gasteiger partial charge in [0.05, 0.1) is 29.1 Å². The van der Waals surface area contributed by atoms with Crippen molar-refractivity contribution in [1.29, 1.82) is 0 Å². The zero-order valence-corrected chi connectivity index (χ0v) is 16.3. The second-order valence-corrected chi connectivity index (χ2v) is 6.80. The molecule has 1 aliphatic rings. The van der Waals surface area contributed by atoms with Crippen LogP contribution >= 0.6 is 11.9 Å². The van der Waals surface area contributed by atoms with Crippen LogP contribution in [0.1, 0.15) is 27.2 Å². The van der Waals surface area contributed by atoms with Gasteiger partial charge in [-0.15, -0.1) is 4.91 Å². The number of nitroso groups, excluding NO2 is 1. The van der Waals surface area contributed by atoms with E-state index in [1.807, 2.05) is 0 Å². The molecule has 0 aromatic carbocycles. The van der Waals surface area contributed by atoms with E-state index in [1.54, 1.807) is 13.8 Å². The van der Waals surface area contributed by atoms with Crippen LogP contribution in [0.4, 0.5) is 16.6 Å². The van der Waals surface area contributed by atoms with Gasteiger partial charge in [-0.1, -0.05) is 0 Å². The van der Waals surface area contributed by atoms with Crippen LogP contribution < -0.4 is 11.1 Å². The van der Waals surface area contributed by atoms with E-state index in [4.69, 9.17) is 24.7 Å². The normalized spacial score (nSPS) is 21.2. The molecule has 0 aliphatic carbocycles. The maximum atomic E-state index is 11.8. The summed E-state index contributed by atoms with van der Waals surface area (Å²) < 4.78 is 23.7. The van der Waals surface area contributed by atoms with Crippen molar-refractivity contribution in [3.63, 3.8) is 0 Å². The monoisotopic (exact) mass is 415 g/mol. The number of ether oxygens (including phenoxy) is 4. The van der Waals surface area contributed by atoms with Crippen LogP contribution in [0.5, 0.6) is 0 Å². The zero-order chi connectivity index (χ0) is 20.7. The Balaban J connectivity index is 2.09. The third kappa shape index (κ3) is 6.49. The third-order valence-electron chi connectivity index (χ3n) is 3.44. The van der Waals surface area contributed by atoms with Crippen molar-refractivity contribution in [2.75, 3.05) is 17.7 Å². The molecule has 13 heteroatoms. The Morgan fingerprint density at radius 2 is 2.25 bits per heavy atom. The first-order valence-corrected chi connectivity index (χ1v) is 9.10. The van der Waals surface area contributed by atoms with Crippen LogP contribution in [0.15, 0.2) is 15.7 Å². The lowest BCUT2D eigenvalue weighted by Gasteiger charge is -2.18. The van der Waals surface area contributed by atoms with Crippen LogP contribution in [0.25, 0.3) is 0 Å². The Hall–Kier alpha value is -2.67. The van der Waals surface area contributed by atoms with Gasteiger partial charge in [-0.25, -0.2) is 9.78 Å². The Morgan fingerprint density at radius 3 is 2.89 bits per heavy atom. The molecule has 3 atom stereocenters. The molecule has 154 valence electrons. The number of nitrogens with zero attached hydrogens (tertiary/aromatic N) is 3. The first-order valence-electron chi connectivity index (χ1n) is 8.33. The third-order valence-corrected chi connectivity index (χ3v) is 4.01. The Kier molecular flexibility index (Phi) is 7.75. The average Bonchev–Trinajstić information content (AvgIpc) is 2.96. The minimum Gasteiger partial charge on any atom is -0.463 e. The molecular formula is C15H21N5O7S. The number of carbonyl (C=O) groups excluding carboxylic acids is 2. The lowest BCUT2D eigenvalue weighted by molar-refractivity contribution is -0.146. The van der Waals surface area contributed by atoms with E-state index in [1.165, 1.54) is 13.1 Å². The van der Waals surface area contributed by atoms with E-state index in [0.717, 1.165) is 0 Å². The summed E-state index contributed by atoms with van der Waals surface area (Å²) in [6, 6.07) is 0. The van der Waals surface area contributed by atoms with E-state index in [-0.39, 0.29) is 30.9 Å². The molecule has 2 rings (SSSR count). The lowest BCUT2D eigenvalue weighted by atomic mass is 10.2. The molecular weight excluding hydrogens is 394 g/mol. The molecule has 0 bridgehead atoms. The van der Waals surface area contributed by atoms with Crippen molar-refractivity contribution < 1.29 is 28.5 Å². The lowest BCUT2D eigenvalue weighted by Crippen LogP contribution is -2.32. The smallest absolute Gasteiger partial charge is 0.463 e. The van der Waals surface area contributed by atoms with Crippen LogP contribution in [0.2, 0.25) is 0 Å². The van der Waals surface area contributed by atoms with Gasteiger partial charge >= 0.3 is 12.1 Å². The fraction of sp³-hybridized carbons (Fsp3) is 0.600. The second kappa shape index (κ2) is 10.0. The number of rotatable bonds is 8. The maximum Gasteiger partial charge on any atom is 0.508 e. The number of aromatic nitrogens is 2. The molecule has 12 nitrogen and oxygen atoms in total. The number of esters is 1. The molecule has 1 saturated heterocycles. The number of nitrogens with one attached hydrogen (secondary N) is 1. The molecule has 0 saturated carbocycles. The fourth-order valence-electron chi connectivity index (χ4n) is 2.37. The van der Waals surface area contributed by atoms with Crippen molar-refractivity contribution in [3.8, 4) is 0 Å². The highest BCUT2D eigenvalue weighted by Gasteiger charge is 2.39. The highest BCUT2D eigenvalue weighted by molar-refractivity contribution is 7.98. The summed E-state index contributed by atoms with van der Waals surface area (Å²) in [5.41, 5.74) is 5.58. The van der Waals surface area contributed by atoms with Gasteiger partial charge in [0.15, 0.2) is 0 Å². The van der Waals surface area contributed by atoms with Gasteiger partial charge in [-0.2, -0.15) is 4.98 Å². The van der Waals surface area contributed by atoms with Crippen molar-refractivity contribution in [2.24, 2.45) is 4.58 Å². The number of carbonyl (C=O) groups is 2. The van der Waals surface area contributed by atoms with Crippen molar-refractivity contribution >= 4 is 35.8 Å². The fourth-order valence-corrected chi connectivity index (χ4v) is 2.74. The minimum absolute atomic E-state index is 0.0134. The van der Waals surface area contributed by atoms with E-state index < -0.39 is 30.6 Å². The van der Waals surface area contributed by atoms with Crippen molar-refractivity contribution in [1.82, 2.24) is 9.97 Å². The summed E-state index contributed by atoms with van der Waals surface area (Å²) >= 11 is 0.623. The molecule has 2 heterocycles. The number of hydrogen-bond acceptors (Lipinski definition) is 13. The Labute approximate surface area is 164 Å². The molecule has 0 radical (unpaired) electrons. The molecule has 28 heavy (non-hydrogen) atoms. The summed E-state index contributed by atoms with van der Waals surface area (Å²) in [4.78, 5) is 41.6. The molecule has 1 aromatic rings. The second-order valence-electron chi connectivity index (χ2n) is 6.03. The summed E-state index contributed by atoms with van der Waals surface area (Å²) in [6.07, 6.45) is -1.78. The quantitative estimate of drug-likeness (QED) is 0.360. The first kappa shape index (κ1) is 21.6. The van der Waals surface area contributed by atoms with Crippen molar-refractivity contribution in [3.05, 3.63) is 11.1 Å². The zero-order valence-electron chi connectivity index (χ0n) is 15.5. The molecule has 0 spiro atoms. The maximum absolute atomic E-state index is 11.8. The molecule has 1 aliphatic heterocycles. The molecule has 3 unspecified atom stereocenters. The van der Waals surface area contributed by atoms with Gasteiger partial charge in [-0.05, 0) is 13.8 Å². The number of nitrogen functional groups attached to an aromatic ring is 1. The van der Waals surface area contributed by atoms with Gasteiger partial charge in [0.2, 0.25) is 5.95 Å². The van der Waals surface area contributed by atoms with E-state index >= 15 is 0 Å². The SMILES string of the molecule is CC(=O)OCC1OC(Nc2nc(N)ncc2SN=O)CC1OC(=O)OC(C)C. The van der Waals surface area contributed by atoms with Crippen LogP contribution in [0.3, 0.4) is 0 Å². The molecule has 3 N–H and O–H groups in total. The van der Waals surface area contributed by atoms with E-state index in [0.29, 0.717) is 16.8 Å². The highest BCUT2D eigenvalue weighted by Crippen LogP contribution is 2.30. The van der Waals surface area contributed by atoms with Gasteiger partial charge < -0.3 is 30.0 Å². The minimum atomic E-state index is -0.857. The summed E-state index contributed by atoms with van der Waals surface area (Å²) in [6.45, 7) is 4.52. The highest BCUT2D eigenvalue weighted by atomic mass is 32.2. The number of nitrogens with two attached hydrogens (primary N) is 1. The average molecular weight is 415 g/mol. The number of anilines is 2. The van der Waals surface area contributed by atoms with E-state index in [2.05, 4.69) is 19.9 Å². The predicted molar refractivity (Wildman–Crippen MR) is 98.1 cm³/mol. The summed E-state index contributed by atoms with van der Waals surface area (Å²) in [5.74, 6) is -0.276. The molecule has 1 fully saturated rings. The van der Waals surface area contributed by atoms with E-state index in [9.17, 15) is 14.5 Å². The predicted octanol–water partition coefficient (Wildman–Crippen LogP) is 1.85. The topological polar surface area (TPSA) is 164 Å². The van der Waals surface area contributed by atoms with Gasteiger partial charge in [0.1, 0.15) is 30.9 Å². The van der Waals surface area contributed by atoms with Gasteiger partial charge in [0.25, 0.3) is 0 Å². The standard InChI is InChI=1S/C15H21N5O7S/c1-7(2)25-15(22)27-9-4-12(26-10(9)6-24-8(3)21)18-13-11(28-20-23)5-17-14(16)19-13/h5,7,9-10,12H,4,6H2,1-3H3,(H3,16,17,18,19). The molecule has 0 amide bonds. The van der Waals surface area contributed by atoms with Gasteiger partial charge in [0, 0.05) is 17.9 Å². The molecule has 1 aromatic heterocycles. The summed E-state index contributed by atoms with van der Waals surface area (Å²) in [7, 11) is 0. The first-order chi connectivity index (χ1) is 13.3. The largest absolute Gasteiger partial charge is 0.508 e. The Bertz CT molecular complexity index is 720.